The van der Waals surface area contributed by atoms with Crippen LogP contribution in [0, 0.1) is 6.92 Å². The minimum absolute atomic E-state index is 0.0441. The number of carbonyl (C=O) groups excluding carboxylic acids is 2. The molecule has 9 heteroatoms. The second-order valence-electron chi connectivity index (χ2n) is 6.71. The first kappa shape index (κ1) is 23.2. The highest BCUT2D eigenvalue weighted by Crippen LogP contribution is 2.31. The number of benzene rings is 2. The van der Waals surface area contributed by atoms with E-state index in [1.165, 1.54) is 26.3 Å². The van der Waals surface area contributed by atoms with Crippen LogP contribution in [0.1, 0.15) is 29.8 Å². The van der Waals surface area contributed by atoms with Crippen molar-refractivity contribution in [3.05, 3.63) is 53.6 Å². The Morgan fingerprint density at radius 3 is 2.47 bits per heavy atom. The van der Waals surface area contributed by atoms with Gasteiger partial charge in [0.2, 0.25) is 5.91 Å². The molecule has 162 valence electrons. The molecule has 1 atom stereocenters. The topological polar surface area (TPSA) is 105 Å². The van der Waals surface area contributed by atoms with Crippen molar-refractivity contribution in [2.75, 3.05) is 25.0 Å². The summed E-state index contributed by atoms with van der Waals surface area (Å²) in [6.45, 7) is 5.49. The van der Waals surface area contributed by atoms with Gasteiger partial charge in [-0.25, -0.2) is 8.42 Å². The predicted molar refractivity (Wildman–Crippen MR) is 115 cm³/mol. The van der Waals surface area contributed by atoms with E-state index >= 15 is 0 Å². The van der Waals surface area contributed by atoms with Crippen LogP contribution in [0.3, 0.4) is 0 Å². The van der Waals surface area contributed by atoms with Gasteiger partial charge in [-0.2, -0.15) is 0 Å². The summed E-state index contributed by atoms with van der Waals surface area (Å²) in [5.41, 5.74) is 1.14. The number of para-hydroxylation sites is 2. The highest BCUT2D eigenvalue weighted by molar-refractivity contribution is 7.92. The molecule has 2 aromatic rings. The maximum absolute atomic E-state index is 13.2. The molecule has 0 aliphatic rings. The number of ether oxygens (including phenoxy) is 1. The number of methoxy groups -OCH3 is 1. The lowest BCUT2D eigenvalue weighted by atomic mass is 10.1. The van der Waals surface area contributed by atoms with Crippen molar-refractivity contribution in [3.63, 3.8) is 0 Å². The summed E-state index contributed by atoms with van der Waals surface area (Å²) in [6.07, 6.45) is 0. The Hall–Kier alpha value is -3.07. The lowest BCUT2D eigenvalue weighted by Gasteiger charge is -2.22. The zero-order valence-electron chi connectivity index (χ0n) is 17.7. The number of nitrogens with zero attached hydrogens (tertiary/aromatic N) is 1. The van der Waals surface area contributed by atoms with E-state index in [-0.39, 0.29) is 16.4 Å². The highest BCUT2D eigenvalue weighted by Gasteiger charge is 2.26. The fourth-order valence-electron chi connectivity index (χ4n) is 2.85. The molecule has 0 aliphatic carbocycles. The number of aryl methyl sites for hydroxylation is 1. The summed E-state index contributed by atoms with van der Waals surface area (Å²) >= 11 is 0. The molecule has 0 radical (unpaired) electrons. The number of sulfonamides is 1. The monoisotopic (exact) mass is 433 g/mol. The van der Waals surface area contributed by atoms with Gasteiger partial charge in [-0.3, -0.25) is 13.9 Å². The quantitative estimate of drug-likeness (QED) is 0.663. The largest absolute Gasteiger partial charge is 0.495 e. The van der Waals surface area contributed by atoms with Crippen LogP contribution in [-0.2, 0) is 14.8 Å². The van der Waals surface area contributed by atoms with Gasteiger partial charge in [0.1, 0.15) is 11.8 Å². The van der Waals surface area contributed by atoms with E-state index < -0.39 is 22.0 Å². The molecule has 2 amide bonds. The molecule has 2 N–H and O–H groups in total. The Morgan fingerprint density at radius 2 is 1.83 bits per heavy atom. The molecule has 0 saturated heterocycles. The van der Waals surface area contributed by atoms with Crippen LogP contribution in [0.4, 0.5) is 5.69 Å². The number of anilines is 1. The fourth-order valence-corrected chi connectivity index (χ4v) is 4.08. The smallest absolute Gasteiger partial charge is 0.264 e. The van der Waals surface area contributed by atoms with Crippen molar-refractivity contribution < 1.29 is 22.7 Å². The zero-order valence-corrected chi connectivity index (χ0v) is 18.5. The van der Waals surface area contributed by atoms with E-state index in [9.17, 15) is 18.0 Å². The molecular weight excluding hydrogens is 406 g/mol. The summed E-state index contributed by atoms with van der Waals surface area (Å²) < 4.78 is 32.7. The van der Waals surface area contributed by atoms with Gasteiger partial charge >= 0.3 is 0 Å². The van der Waals surface area contributed by atoms with E-state index in [4.69, 9.17) is 4.74 Å². The summed E-state index contributed by atoms with van der Waals surface area (Å²) in [7, 11) is -1.07. The second-order valence-corrected chi connectivity index (χ2v) is 8.68. The maximum atomic E-state index is 13.2. The Labute approximate surface area is 177 Å². The average Bonchev–Trinajstić information content (AvgIpc) is 2.73. The third-order valence-electron chi connectivity index (χ3n) is 4.63. The third-order valence-corrected chi connectivity index (χ3v) is 6.40. The van der Waals surface area contributed by atoms with Crippen LogP contribution < -0.4 is 19.7 Å². The molecule has 0 heterocycles. The van der Waals surface area contributed by atoms with Crippen LogP contribution in [0.15, 0.2) is 47.4 Å². The number of rotatable bonds is 8. The molecule has 2 rings (SSSR count). The van der Waals surface area contributed by atoms with Crippen LogP contribution in [-0.4, -0.2) is 47.0 Å². The van der Waals surface area contributed by atoms with E-state index in [1.807, 2.05) is 0 Å². The van der Waals surface area contributed by atoms with Crippen molar-refractivity contribution in [1.29, 1.82) is 0 Å². The molecule has 2 aromatic carbocycles. The van der Waals surface area contributed by atoms with Gasteiger partial charge in [0.25, 0.3) is 15.9 Å². The lowest BCUT2D eigenvalue weighted by molar-refractivity contribution is -0.122. The molecule has 1 unspecified atom stereocenters. The molecule has 0 spiro atoms. The SMILES string of the molecule is CCNC(=O)C(C)NC(=O)c1cc(S(=O)(=O)N(C)c2ccccc2OC)ccc1C. The first-order valence-corrected chi connectivity index (χ1v) is 10.9. The second kappa shape index (κ2) is 9.62. The predicted octanol–water partition coefficient (Wildman–Crippen LogP) is 2.08. The van der Waals surface area contributed by atoms with Crippen molar-refractivity contribution in [3.8, 4) is 5.75 Å². The van der Waals surface area contributed by atoms with Crippen LogP contribution in [0.25, 0.3) is 0 Å². The Bertz CT molecular complexity index is 1040. The Balaban J connectivity index is 2.37. The fraction of sp³-hybridized carbons (Fsp3) is 0.333. The first-order valence-electron chi connectivity index (χ1n) is 9.44. The van der Waals surface area contributed by atoms with Crippen molar-refractivity contribution in [2.45, 2.75) is 31.7 Å². The van der Waals surface area contributed by atoms with Crippen molar-refractivity contribution in [2.24, 2.45) is 0 Å². The Morgan fingerprint density at radius 1 is 1.17 bits per heavy atom. The number of likely N-dealkylation sites (N-methyl/N-ethyl adjacent to an activating group) is 1. The molecule has 0 saturated carbocycles. The summed E-state index contributed by atoms with van der Waals surface area (Å²) in [5, 5.41) is 5.23. The molecule has 8 nitrogen and oxygen atoms in total. The minimum Gasteiger partial charge on any atom is -0.495 e. The molecular formula is C21H27N3O5S. The van der Waals surface area contributed by atoms with E-state index in [0.29, 0.717) is 23.5 Å². The van der Waals surface area contributed by atoms with Crippen molar-refractivity contribution >= 4 is 27.5 Å². The minimum atomic E-state index is -3.96. The zero-order chi connectivity index (χ0) is 22.5. The van der Waals surface area contributed by atoms with Gasteiger partial charge in [-0.15, -0.1) is 0 Å². The molecule has 0 aliphatic heterocycles. The van der Waals surface area contributed by atoms with Gasteiger partial charge in [-0.05, 0) is 50.6 Å². The van der Waals surface area contributed by atoms with Crippen LogP contribution in [0.2, 0.25) is 0 Å². The van der Waals surface area contributed by atoms with Gasteiger partial charge in [0, 0.05) is 19.2 Å². The standard InChI is InChI=1S/C21H27N3O5S/c1-6-22-20(25)15(3)23-21(26)17-13-16(12-11-14(17)2)30(27,28)24(4)18-9-7-8-10-19(18)29-5/h7-13,15H,6H2,1-5H3,(H,22,25)(H,23,26). The summed E-state index contributed by atoms with van der Waals surface area (Å²) in [6, 6.07) is 10.3. The number of hydrogen-bond donors (Lipinski definition) is 2. The lowest BCUT2D eigenvalue weighted by Crippen LogP contribution is -2.44. The third kappa shape index (κ3) is 4.91. The van der Waals surface area contributed by atoms with E-state index in [0.717, 1.165) is 4.31 Å². The normalized spacial score (nSPS) is 12.0. The Kier molecular flexibility index (Phi) is 7.44. The summed E-state index contributed by atoms with van der Waals surface area (Å²) in [4.78, 5) is 24.5. The average molecular weight is 434 g/mol. The van der Waals surface area contributed by atoms with Gasteiger partial charge < -0.3 is 15.4 Å². The van der Waals surface area contributed by atoms with Crippen molar-refractivity contribution in [1.82, 2.24) is 10.6 Å². The van der Waals surface area contributed by atoms with Crippen LogP contribution >= 0.6 is 0 Å². The summed E-state index contributed by atoms with van der Waals surface area (Å²) in [5.74, 6) is -0.434. The van der Waals surface area contributed by atoms with Gasteiger partial charge in [-0.1, -0.05) is 18.2 Å². The number of amides is 2. The number of hydrogen-bond acceptors (Lipinski definition) is 5. The van der Waals surface area contributed by atoms with Gasteiger partial charge in [0.15, 0.2) is 0 Å². The molecule has 0 bridgehead atoms. The van der Waals surface area contributed by atoms with E-state index in [2.05, 4.69) is 10.6 Å². The first-order chi connectivity index (χ1) is 14.1. The molecule has 0 aromatic heterocycles. The molecule has 30 heavy (non-hydrogen) atoms. The van der Waals surface area contributed by atoms with Crippen LogP contribution in [0.5, 0.6) is 5.75 Å². The van der Waals surface area contributed by atoms with Gasteiger partial charge in [0.05, 0.1) is 17.7 Å². The molecule has 0 fully saturated rings. The maximum Gasteiger partial charge on any atom is 0.264 e. The number of nitrogens with one attached hydrogen (secondary N) is 2. The highest BCUT2D eigenvalue weighted by atomic mass is 32.2. The number of carbonyl (C=O) groups is 2. The van der Waals surface area contributed by atoms with E-state index in [1.54, 1.807) is 51.1 Å².